The zero-order valence-electron chi connectivity index (χ0n) is 23.7. The number of hydrogen-bond donors (Lipinski definition) is 2. The Kier molecular flexibility index (Phi) is 8.61. The molecular weight excluding hydrogens is 667 g/mol. The normalized spacial score (nSPS) is 19.1. The van der Waals surface area contributed by atoms with Gasteiger partial charge >= 0.3 is 11.0 Å². The van der Waals surface area contributed by atoms with Crippen molar-refractivity contribution in [3.8, 4) is 11.5 Å². The van der Waals surface area contributed by atoms with Crippen LogP contribution in [0.25, 0.3) is 0 Å². The van der Waals surface area contributed by atoms with Gasteiger partial charge in [0.2, 0.25) is 11.8 Å². The third-order valence-corrected chi connectivity index (χ3v) is 10.1. The van der Waals surface area contributed by atoms with E-state index in [2.05, 4.69) is 10.3 Å². The van der Waals surface area contributed by atoms with E-state index in [-0.39, 0.29) is 23.0 Å². The van der Waals surface area contributed by atoms with Crippen LogP contribution in [0.15, 0.2) is 76.6 Å². The van der Waals surface area contributed by atoms with Crippen LogP contribution in [0.2, 0.25) is 5.02 Å². The molecule has 15 heteroatoms. The summed E-state index contributed by atoms with van der Waals surface area (Å²) in [7, 11) is 0. The first-order valence-corrected chi connectivity index (χ1v) is 15.9. The van der Waals surface area contributed by atoms with Gasteiger partial charge in [-0.25, -0.2) is 4.90 Å². The van der Waals surface area contributed by atoms with E-state index in [1.54, 1.807) is 43.3 Å². The molecule has 1 aromatic heterocycles. The first-order valence-electron chi connectivity index (χ1n) is 13.8. The van der Waals surface area contributed by atoms with Gasteiger partial charge in [0.1, 0.15) is 5.25 Å². The Bertz CT molecular complexity index is 1900. The van der Waals surface area contributed by atoms with Crippen molar-refractivity contribution in [2.45, 2.75) is 29.3 Å². The zero-order chi connectivity index (χ0) is 32.7. The molecule has 1 fully saturated rings. The number of benzene rings is 3. The fraction of sp³-hybridized carbons (Fsp3) is 0.226. The van der Waals surface area contributed by atoms with Gasteiger partial charge in [-0.15, -0.1) is 0 Å². The smallest absolute Gasteiger partial charge is 0.418 e. The van der Waals surface area contributed by atoms with Gasteiger partial charge in [0.15, 0.2) is 18.1 Å². The molecule has 6 rings (SSSR count). The van der Waals surface area contributed by atoms with Crippen molar-refractivity contribution in [3.63, 3.8) is 0 Å². The number of hydrogen-bond acceptors (Lipinski definition) is 8. The van der Waals surface area contributed by atoms with Crippen LogP contribution in [-0.2, 0) is 20.6 Å². The molecule has 0 spiro atoms. The monoisotopic (exact) mass is 689 g/mol. The summed E-state index contributed by atoms with van der Waals surface area (Å²) in [6.07, 6.45) is -4.66. The summed E-state index contributed by atoms with van der Waals surface area (Å²) in [5.74, 6) is -2.90. The molecule has 46 heavy (non-hydrogen) atoms. The summed E-state index contributed by atoms with van der Waals surface area (Å²) in [6.45, 7) is 1.30. The lowest BCUT2D eigenvalue weighted by Crippen LogP contribution is -2.32. The number of fused-ring (bicyclic) bond motifs is 2. The molecule has 1 saturated heterocycles. The maximum atomic E-state index is 13.9. The third-order valence-electron chi connectivity index (χ3n) is 7.40. The molecule has 3 heterocycles. The number of amides is 3. The van der Waals surface area contributed by atoms with Crippen LogP contribution in [-0.4, -0.2) is 41.2 Å². The average Bonchev–Trinajstić information content (AvgIpc) is 3.50. The van der Waals surface area contributed by atoms with Crippen LogP contribution < -0.4 is 24.6 Å². The lowest BCUT2D eigenvalue weighted by Gasteiger charge is -2.30. The summed E-state index contributed by atoms with van der Waals surface area (Å²) in [5, 5.41) is 2.35. The Hall–Kier alpha value is -4.27. The van der Waals surface area contributed by atoms with Crippen LogP contribution in [0.5, 0.6) is 11.5 Å². The predicted molar refractivity (Wildman–Crippen MR) is 167 cm³/mol. The van der Waals surface area contributed by atoms with Crippen LogP contribution in [0.3, 0.4) is 0 Å². The number of thiazole rings is 1. The average molecular weight is 690 g/mol. The second-order valence-corrected chi connectivity index (χ2v) is 12.9. The molecule has 0 radical (unpaired) electrons. The SMILES string of the molecule is CCOc1cc([C@H]2c3sc(=O)[nH]c3SC3C(=O)N(c4ccc(Cl)cc4)C(=O)C32)ccc1OCC(=O)Nc1ccccc1C(F)(F)F. The van der Waals surface area contributed by atoms with E-state index < -0.39 is 58.8 Å². The molecule has 4 aromatic rings. The van der Waals surface area contributed by atoms with Crippen molar-refractivity contribution in [2.24, 2.45) is 5.92 Å². The van der Waals surface area contributed by atoms with Crippen LogP contribution in [0.1, 0.15) is 28.8 Å². The van der Waals surface area contributed by atoms with Gasteiger partial charge in [0.05, 0.1) is 34.5 Å². The van der Waals surface area contributed by atoms with E-state index in [9.17, 15) is 32.3 Å². The number of aromatic amines is 1. The topological polar surface area (TPSA) is 118 Å². The maximum absolute atomic E-state index is 13.9. The fourth-order valence-corrected chi connectivity index (χ4v) is 8.14. The molecule has 2 aliphatic rings. The number of rotatable bonds is 8. The number of nitrogens with one attached hydrogen (secondary N) is 2. The Morgan fingerprint density at radius 2 is 1.74 bits per heavy atom. The zero-order valence-corrected chi connectivity index (χ0v) is 26.1. The summed E-state index contributed by atoms with van der Waals surface area (Å²) >= 11 is 8.11. The minimum atomic E-state index is -4.66. The lowest BCUT2D eigenvalue weighted by atomic mass is 9.83. The number of nitrogens with zero attached hydrogens (tertiary/aromatic N) is 1. The largest absolute Gasteiger partial charge is 0.490 e. The fourth-order valence-electron chi connectivity index (χ4n) is 5.50. The van der Waals surface area contributed by atoms with Crippen LogP contribution >= 0.6 is 34.7 Å². The third kappa shape index (κ3) is 5.99. The summed E-state index contributed by atoms with van der Waals surface area (Å²) in [5.41, 5.74) is -0.462. The number of thioether (sulfide) groups is 1. The number of carbonyl (C=O) groups is 3. The van der Waals surface area contributed by atoms with E-state index in [4.69, 9.17) is 21.1 Å². The minimum Gasteiger partial charge on any atom is -0.490 e. The van der Waals surface area contributed by atoms with Crippen molar-refractivity contribution >= 4 is 63.8 Å². The van der Waals surface area contributed by atoms with Gasteiger partial charge in [-0.05, 0) is 61.0 Å². The van der Waals surface area contributed by atoms with Gasteiger partial charge in [-0.1, -0.05) is 52.9 Å². The van der Waals surface area contributed by atoms with Crippen LogP contribution in [0.4, 0.5) is 24.5 Å². The summed E-state index contributed by atoms with van der Waals surface area (Å²) in [4.78, 5) is 56.7. The van der Waals surface area contributed by atoms with Crippen molar-refractivity contribution in [3.05, 3.63) is 97.4 Å². The Labute approximate surface area is 272 Å². The number of para-hydroxylation sites is 1. The molecule has 0 saturated carbocycles. The van der Waals surface area contributed by atoms with Gasteiger partial charge in [0.25, 0.3) is 5.91 Å². The summed E-state index contributed by atoms with van der Waals surface area (Å²) < 4.78 is 51.5. The molecule has 9 nitrogen and oxygen atoms in total. The first-order chi connectivity index (χ1) is 22.0. The number of carbonyl (C=O) groups excluding carboxylic acids is 3. The number of halogens is 4. The van der Waals surface area contributed by atoms with Gasteiger partial charge < -0.3 is 19.8 Å². The maximum Gasteiger partial charge on any atom is 0.418 e. The van der Waals surface area contributed by atoms with Gasteiger partial charge in [0, 0.05) is 15.8 Å². The molecule has 3 aromatic carbocycles. The van der Waals surface area contributed by atoms with Gasteiger partial charge in [-0.3, -0.25) is 19.2 Å². The van der Waals surface area contributed by atoms with Crippen molar-refractivity contribution in [2.75, 3.05) is 23.4 Å². The van der Waals surface area contributed by atoms with E-state index in [0.29, 0.717) is 26.2 Å². The lowest BCUT2D eigenvalue weighted by molar-refractivity contribution is -0.137. The molecule has 3 atom stereocenters. The summed E-state index contributed by atoms with van der Waals surface area (Å²) in [6, 6.07) is 15.7. The predicted octanol–water partition coefficient (Wildman–Crippen LogP) is 6.32. The number of ether oxygens (including phenoxy) is 2. The molecule has 2 unspecified atom stereocenters. The van der Waals surface area contributed by atoms with Crippen LogP contribution in [0, 0.1) is 5.92 Å². The highest BCUT2D eigenvalue weighted by Crippen LogP contribution is 2.54. The number of aromatic nitrogens is 1. The minimum absolute atomic E-state index is 0.130. The molecular formula is C31H23ClF3N3O6S2. The van der Waals surface area contributed by atoms with Crippen molar-refractivity contribution < 1.29 is 37.0 Å². The number of imide groups is 1. The van der Waals surface area contributed by atoms with Crippen molar-refractivity contribution in [1.29, 1.82) is 0 Å². The standard InChI is InChI=1S/C31H23ClF3N3O6S2/c1-2-43-21-13-15(7-12-20(21)44-14-22(39)36-19-6-4-3-5-18(19)31(33,34)35)23-24-26(45-27-25(23)46-30(42)37-27)29(41)38(28(24)40)17-10-8-16(32)9-11-17/h3-13,23-24,26H,2,14H2,1H3,(H,36,39)(H,37,42)/t23-,24?,26?/m1/s1. The highest BCUT2D eigenvalue weighted by molar-refractivity contribution is 8.00. The van der Waals surface area contributed by atoms with Gasteiger partial charge in [-0.2, -0.15) is 13.2 Å². The van der Waals surface area contributed by atoms with E-state index in [1.165, 1.54) is 18.2 Å². The quantitative estimate of drug-likeness (QED) is 0.208. The van der Waals surface area contributed by atoms with Crippen molar-refractivity contribution in [1.82, 2.24) is 4.98 Å². The molecule has 0 bridgehead atoms. The van der Waals surface area contributed by atoms with E-state index in [1.807, 2.05) is 0 Å². The Morgan fingerprint density at radius 3 is 2.46 bits per heavy atom. The first kappa shape index (κ1) is 31.7. The second kappa shape index (κ2) is 12.5. The molecule has 3 amide bonds. The number of alkyl halides is 3. The number of H-pyrrole nitrogens is 1. The highest BCUT2D eigenvalue weighted by Gasteiger charge is 2.56. The molecule has 2 aliphatic heterocycles. The van der Waals surface area contributed by atoms with E-state index in [0.717, 1.165) is 40.1 Å². The molecule has 238 valence electrons. The second-order valence-electron chi connectivity index (χ2n) is 10.3. The molecule has 2 N–H and O–H groups in total. The number of anilines is 2. The van der Waals surface area contributed by atoms with E-state index >= 15 is 0 Å². The molecule has 0 aliphatic carbocycles. The highest BCUT2D eigenvalue weighted by atomic mass is 35.5. The Morgan fingerprint density at radius 1 is 1.00 bits per heavy atom. The Balaban J connectivity index is 1.29.